The summed E-state index contributed by atoms with van der Waals surface area (Å²) in [5, 5.41) is 0. The van der Waals surface area contributed by atoms with E-state index in [-0.39, 0.29) is 0 Å². The van der Waals surface area contributed by atoms with Crippen molar-refractivity contribution in [3.05, 3.63) is 87.5 Å². The molecule has 13 heterocycles. The fraction of sp³-hybridized carbons (Fsp3) is 0.333. The first-order valence-electron chi connectivity index (χ1n) is 23.0. The van der Waals surface area contributed by atoms with Gasteiger partial charge in [0, 0.05) is 0 Å². The van der Waals surface area contributed by atoms with Crippen LogP contribution >= 0.6 is 90.7 Å². The normalized spacial score (nSPS) is 18.1. The first-order valence-corrected chi connectivity index (χ1v) is 44.8. The number of hydrogen-bond donors (Lipinski definition) is 0. The van der Waals surface area contributed by atoms with Gasteiger partial charge in [-0.1, -0.05) is 0 Å². The second-order valence-corrected chi connectivity index (χ2v) is 56.4. The van der Waals surface area contributed by atoms with E-state index in [1.165, 1.54) is 113 Å². The minimum absolute atomic E-state index is 0.995. The van der Waals surface area contributed by atoms with Crippen molar-refractivity contribution < 1.29 is 11.2 Å². The van der Waals surface area contributed by atoms with E-state index >= 15 is 0 Å². The number of thiophene rings is 8. The average molecular weight is 1240 g/mol. The zero-order valence-electron chi connectivity index (χ0n) is 37.2. The van der Waals surface area contributed by atoms with Gasteiger partial charge in [0.2, 0.25) is 0 Å². The monoisotopic (exact) mass is 1240 g/mol. The summed E-state index contributed by atoms with van der Waals surface area (Å²) in [5.41, 5.74) is 0. The molecule has 64 heavy (non-hydrogen) atoms. The van der Waals surface area contributed by atoms with Crippen LogP contribution in [0.15, 0.2) is 48.5 Å². The number of fused-ring (bicyclic) bond motifs is 20. The predicted octanol–water partition coefficient (Wildman–Crippen LogP) is 10.0. The fourth-order valence-corrected chi connectivity index (χ4v) is 102. The van der Waals surface area contributed by atoms with Crippen molar-refractivity contribution in [2.45, 2.75) is 107 Å². The van der Waals surface area contributed by atoms with Crippen LogP contribution in [0, 0.1) is 0 Å². The molecule has 0 aromatic carbocycles. The summed E-state index contributed by atoms with van der Waals surface area (Å²) in [4.78, 5) is 22.6. The summed E-state index contributed by atoms with van der Waals surface area (Å²) in [6, 6.07) is 20.4. The Morgan fingerprint density at radius 3 is 0.484 bits per heavy atom. The van der Waals surface area contributed by atoms with Gasteiger partial charge in [-0.2, -0.15) is 0 Å². The van der Waals surface area contributed by atoms with E-state index in [0.29, 0.717) is 0 Å². The maximum absolute atomic E-state index is 9.08. The van der Waals surface area contributed by atoms with Crippen LogP contribution < -0.4 is 35.2 Å². The number of hydrogen-bond acceptors (Lipinski definition) is 12. The van der Waals surface area contributed by atoms with E-state index in [9.17, 15) is 0 Å². The Hall–Kier alpha value is -0.389. The SMILES string of the molecule is CCc1c[c]2c(s1)-c1sc(CC)c[c]1[Ge]21[O][Ge]2([O][Ge]3([O][Ge]4([O]1)[c]1cc(CC)sc1-c1sc(CC)c[c]14)[c]1cc(CC)sc1-c1sc(CC)c[c]13)[c]1cc(CC)sc1-c1sc(CC)c[c]12. The molecule has 0 unspecified atom stereocenters. The van der Waals surface area contributed by atoms with Gasteiger partial charge in [0.05, 0.1) is 0 Å². The van der Waals surface area contributed by atoms with Crippen LogP contribution in [0.2, 0.25) is 0 Å². The van der Waals surface area contributed by atoms with Crippen molar-refractivity contribution in [1.82, 2.24) is 0 Å². The third kappa shape index (κ3) is 5.68. The van der Waals surface area contributed by atoms with Crippen LogP contribution in [0.5, 0.6) is 0 Å². The molecular weight excluding hydrogens is 1190 g/mol. The van der Waals surface area contributed by atoms with E-state index in [2.05, 4.69) is 104 Å². The van der Waals surface area contributed by atoms with E-state index < -0.39 is 55.8 Å². The minimum atomic E-state index is -4.50. The summed E-state index contributed by atoms with van der Waals surface area (Å²) in [5.74, 6) is 0. The quantitative estimate of drug-likeness (QED) is 0.142. The Kier molecular flexibility index (Phi) is 10.6. The van der Waals surface area contributed by atoms with Crippen LogP contribution in [-0.4, -0.2) is 55.8 Å². The van der Waals surface area contributed by atoms with E-state index in [4.69, 9.17) is 11.2 Å². The van der Waals surface area contributed by atoms with Gasteiger partial charge >= 0.3 is 426 Å². The molecule has 0 aliphatic carbocycles. The van der Waals surface area contributed by atoms with Gasteiger partial charge < -0.3 is 0 Å². The Bertz CT molecular complexity index is 2600. The summed E-state index contributed by atoms with van der Waals surface area (Å²) in [7, 11) is 0. The Morgan fingerprint density at radius 2 is 0.375 bits per heavy atom. The molecule has 5 aliphatic heterocycles. The topological polar surface area (TPSA) is 36.9 Å². The molecule has 0 bridgehead atoms. The van der Waals surface area contributed by atoms with Crippen LogP contribution in [0.1, 0.15) is 94.4 Å². The number of rotatable bonds is 8. The Balaban J connectivity index is 1.21. The zero-order chi connectivity index (χ0) is 43.7. The van der Waals surface area contributed by atoms with Crippen molar-refractivity contribution in [2.75, 3.05) is 0 Å². The van der Waals surface area contributed by atoms with Gasteiger partial charge in [-0.25, -0.2) is 0 Å². The summed E-state index contributed by atoms with van der Waals surface area (Å²) < 4.78 is 47.3. The first kappa shape index (κ1) is 43.6. The standard InChI is InChI=1S/C48H48Ge4O4S8/c1-9-25-17-33-41(57-25)42-34(18-26(10-2)58-42)49(33)53-50(35-19-27(11-3)59-43(35)44-36(50)20-28(12-4)60-44)55-52(39-23-31(15-7)63-47(39)48-40(52)24-32(16-8)64-48)56-51(54-49)37-21-29(13-5)61-45(37)46-38(51)22-30(14-6)62-46/h17-24H,9-16H2,1-8H3. The van der Waals surface area contributed by atoms with E-state index in [1.807, 2.05) is 90.7 Å². The summed E-state index contributed by atoms with van der Waals surface area (Å²) in [6.45, 7) is 18.5. The van der Waals surface area contributed by atoms with Crippen molar-refractivity contribution in [2.24, 2.45) is 0 Å². The third-order valence-electron chi connectivity index (χ3n) is 13.9. The molecule has 4 spiro atoms. The molecule has 1 saturated heterocycles. The average Bonchev–Trinajstić information content (AvgIpc) is 4.14. The molecule has 328 valence electrons. The molecule has 0 N–H and O–H groups in total. The van der Waals surface area contributed by atoms with Crippen LogP contribution in [0.25, 0.3) is 39.0 Å². The molecule has 1 fully saturated rings. The molecule has 8 aromatic rings. The van der Waals surface area contributed by atoms with Crippen molar-refractivity contribution >= 4 is 182 Å². The Labute approximate surface area is 420 Å². The second kappa shape index (κ2) is 15.6. The van der Waals surface area contributed by atoms with Crippen LogP contribution in [-0.2, 0) is 62.5 Å². The Morgan fingerprint density at radius 1 is 0.250 bits per heavy atom. The fourth-order valence-electron chi connectivity index (χ4n) is 10.6. The molecule has 5 aliphatic rings. The molecule has 0 atom stereocenters. The molecule has 13 rings (SSSR count). The van der Waals surface area contributed by atoms with Crippen molar-refractivity contribution in [3.8, 4) is 39.0 Å². The third-order valence-corrected chi connectivity index (χ3v) is 76.2. The molecule has 8 aromatic heterocycles. The van der Waals surface area contributed by atoms with Gasteiger partial charge in [-0.05, 0) is 0 Å². The predicted molar refractivity (Wildman–Crippen MR) is 290 cm³/mol. The molecule has 16 heteroatoms. The van der Waals surface area contributed by atoms with Crippen LogP contribution in [0.3, 0.4) is 0 Å². The summed E-state index contributed by atoms with van der Waals surface area (Å²) in [6.07, 6.45) is 7.96. The van der Waals surface area contributed by atoms with Gasteiger partial charge in [0.15, 0.2) is 0 Å². The molecule has 0 saturated carbocycles. The van der Waals surface area contributed by atoms with Crippen LogP contribution in [0.4, 0.5) is 0 Å². The van der Waals surface area contributed by atoms with Gasteiger partial charge in [-0.3, -0.25) is 0 Å². The van der Waals surface area contributed by atoms with Gasteiger partial charge in [0.1, 0.15) is 0 Å². The molecule has 0 amide bonds. The molecule has 0 radical (unpaired) electrons. The van der Waals surface area contributed by atoms with E-state index in [0.717, 1.165) is 51.4 Å². The van der Waals surface area contributed by atoms with Gasteiger partial charge in [0.25, 0.3) is 0 Å². The second-order valence-electron chi connectivity index (χ2n) is 17.3. The maximum atomic E-state index is 9.08. The van der Waals surface area contributed by atoms with E-state index in [1.54, 1.807) is 0 Å². The zero-order valence-corrected chi connectivity index (χ0v) is 52.1. The van der Waals surface area contributed by atoms with Gasteiger partial charge in [-0.15, -0.1) is 0 Å². The first-order chi connectivity index (χ1) is 31.1. The molecular formula is C48H48Ge4O4S8. The molecule has 4 nitrogen and oxygen atoms in total. The van der Waals surface area contributed by atoms with Crippen molar-refractivity contribution in [3.63, 3.8) is 0 Å². The number of aryl methyl sites for hydroxylation is 8. The summed E-state index contributed by atoms with van der Waals surface area (Å²) >= 11 is -2.07. The van der Waals surface area contributed by atoms with Crippen molar-refractivity contribution in [1.29, 1.82) is 0 Å².